The molecule has 0 spiro atoms. The van der Waals surface area contributed by atoms with Crippen molar-refractivity contribution in [3.05, 3.63) is 107 Å². The van der Waals surface area contributed by atoms with E-state index in [2.05, 4.69) is 26.8 Å². The van der Waals surface area contributed by atoms with Crippen LogP contribution in [0, 0.1) is 0 Å². The Hall–Kier alpha value is -3.94. The fraction of sp³-hybridized carbons (Fsp3) is 0.524. The fourth-order valence-corrected chi connectivity index (χ4v) is 9.19. The van der Waals surface area contributed by atoms with E-state index in [0.717, 1.165) is 89.2 Å². The Labute approximate surface area is 318 Å². The van der Waals surface area contributed by atoms with Crippen molar-refractivity contribution in [1.29, 1.82) is 0 Å². The van der Waals surface area contributed by atoms with Gasteiger partial charge in [0.15, 0.2) is 0 Å². The minimum absolute atomic E-state index is 0.0594. The quantitative estimate of drug-likeness (QED) is 0.224. The summed E-state index contributed by atoms with van der Waals surface area (Å²) < 4.78 is 82.1. The number of nitrogens with zero attached hydrogens (tertiary/aromatic N) is 5. The minimum atomic E-state index is -5.04. The van der Waals surface area contributed by atoms with Gasteiger partial charge in [-0.1, -0.05) is 60.7 Å². The van der Waals surface area contributed by atoms with E-state index in [1.54, 1.807) is 0 Å². The summed E-state index contributed by atoms with van der Waals surface area (Å²) in [5.41, 5.74) is -1.59. The van der Waals surface area contributed by atoms with Crippen LogP contribution in [0.5, 0.6) is 0 Å². The van der Waals surface area contributed by atoms with Gasteiger partial charge in [0.2, 0.25) is 5.91 Å². The monoisotopic (exact) mass is 769 g/mol. The Morgan fingerprint density at radius 1 is 0.636 bits per heavy atom. The van der Waals surface area contributed by atoms with Crippen LogP contribution >= 0.6 is 0 Å². The molecule has 2 amide bonds. The Bertz CT molecular complexity index is 1720. The Morgan fingerprint density at radius 2 is 1.16 bits per heavy atom. The van der Waals surface area contributed by atoms with Gasteiger partial charge in [-0.05, 0) is 87.4 Å². The zero-order valence-electron chi connectivity index (χ0n) is 30.9. The lowest BCUT2D eigenvalue weighted by Gasteiger charge is -2.48. The summed E-state index contributed by atoms with van der Waals surface area (Å²) in [5, 5.41) is 0. The van der Waals surface area contributed by atoms with Crippen molar-refractivity contribution in [2.75, 3.05) is 58.9 Å². The highest BCUT2D eigenvalue weighted by atomic mass is 19.4. The molecule has 0 N–H and O–H groups in total. The molecule has 55 heavy (non-hydrogen) atoms. The number of halogens is 6. The van der Waals surface area contributed by atoms with Crippen molar-refractivity contribution in [2.24, 2.45) is 0 Å². The smallest absolute Gasteiger partial charge is 0.341 e. The summed E-state index contributed by atoms with van der Waals surface area (Å²) in [6.45, 7) is 6.94. The van der Waals surface area contributed by atoms with Gasteiger partial charge in [0.1, 0.15) is 6.04 Å². The van der Waals surface area contributed by atoms with Crippen molar-refractivity contribution in [1.82, 2.24) is 24.5 Å². The van der Waals surface area contributed by atoms with Crippen molar-refractivity contribution in [3.8, 4) is 0 Å². The van der Waals surface area contributed by atoms with E-state index in [-0.39, 0.29) is 30.6 Å². The lowest BCUT2D eigenvalue weighted by molar-refractivity contribution is -0.143. The zero-order valence-corrected chi connectivity index (χ0v) is 30.9. The second kappa shape index (κ2) is 16.7. The van der Waals surface area contributed by atoms with Crippen LogP contribution in [0.4, 0.5) is 26.3 Å². The van der Waals surface area contributed by atoms with Gasteiger partial charge in [-0.2, -0.15) is 26.3 Å². The highest BCUT2D eigenvalue weighted by molar-refractivity contribution is 5.95. The van der Waals surface area contributed by atoms with E-state index < -0.39 is 41.0 Å². The second-order valence-corrected chi connectivity index (χ2v) is 15.5. The van der Waals surface area contributed by atoms with Crippen LogP contribution in [0.25, 0.3) is 0 Å². The molecule has 3 unspecified atom stereocenters. The molecule has 4 saturated heterocycles. The maximum absolute atomic E-state index is 13.9. The number of amides is 2. The molecule has 4 heterocycles. The van der Waals surface area contributed by atoms with E-state index in [9.17, 15) is 35.9 Å². The van der Waals surface area contributed by atoms with Crippen LogP contribution in [-0.2, 0) is 23.6 Å². The predicted octanol–water partition coefficient (Wildman–Crippen LogP) is 7.39. The first-order valence-corrected chi connectivity index (χ1v) is 19.6. The third kappa shape index (κ3) is 9.21. The van der Waals surface area contributed by atoms with E-state index >= 15 is 0 Å². The molecule has 7 nitrogen and oxygen atoms in total. The molecule has 4 aliphatic heterocycles. The maximum Gasteiger partial charge on any atom is 0.416 e. The van der Waals surface area contributed by atoms with Crippen LogP contribution in [0.1, 0.15) is 77.2 Å². The molecule has 13 heteroatoms. The number of rotatable bonds is 8. The number of likely N-dealkylation sites (tertiary alicyclic amines) is 3. The van der Waals surface area contributed by atoms with Crippen LogP contribution in [0.2, 0.25) is 0 Å². The third-order valence-corrected chi connectivity index (χ3v) is 12.1. The van der Waals surface area contributed by atoms with Crippen molar-refractivity contribution in [3.63, 3.8) is 0 Å². The first-order valence-electron chi connectivity index (χ1n) is 19.6. The fourth-order valence-electron chi connectivity index (χ4n) is 9.19. The van der Waals surface area contributed by atoms with E-state index in [1.165, 1.54) is 4.90 Å². The maximum atomic E-state index is 13.9. The number of carbonyl (C=O) groups is 2. The van der Waals surface area contributed by atoms with Gasteiger partial charge in [0.05, 0.1) is 11.1 Å². The first kappa shape index (κ1) is 39.3. The number of carbonyl (C=O) groups excluding carboxylic acids is 2. The minimum Gasteiger partial charge on any atom is -0.341 e. The molecule has 3 aromatic carbocycles. The van der Waals surface area contributed by atoms with Gasteiger partial charge in [-0.25, -0.2) is 0 Å². The number of hydrogen-bond acceptors (Lipinski definition) is 5. The van der Waals surface area contributed by atoms with Gasteiger partial charge in [0, 0.05) is 69.5 Å². The van der Waals surface area contributed by atoms with Crippen LogP contribution in [0.3, 0.4) is 0 Å². The molecule has 3 atom stereocenters. The first-order chi connectivity index (χ1) is 26.3. The molecule has 296 valence electrons. The molecule has 0 bridgehead atoms. The van der Waals surface area contributed by atoms with Crippen molar-refractivity contribution >= 4 is 11.8 Å². The summed E-state index contributed by atoms with van der Waals surface area (Å²) in [5.74, 6) is -0.624. The molecule has 4 fully saturated rings. The van der Waals surface area contributed by atoms with Gasteiger partial charge >= 0.3 is 12.4 Å². The average molecular weight is 770 g/mol. The third-order valence-electron chi connectivity index (χ3n) is 12.1. The normalized spacial score (nSPS) is 23.2. The summed E-state index contributed by atoms with van der Waals surface area (Å²) in [6.07, 6.45) is -4.45. The summed E-state index contributed by atoms with van der Waals surface area (Å²) in [6, 6.07) is 20.6. The number of benzene rings is 3. The Kier molecular flexibility index (Phi) is 11.9. The molecule has 4 aliphatic rings. The van der Waals surface area contributed by atoms with Crippen LogP contribution < -0.4 is 0 Å². The topological polar surface area (TPSA) is 50.3 Å². The summed E-state index contributed by atoms with van der Waals surface area (Å²) >= 11 is 0. The van der Waals surface area contributed by atoms with Gasteiger partial charge in [-0.15, -0.1) is 0 Å². The number of hydrogen-bond donors (Lipinski definition) is 0. The molecular weight excluding hydrogens is 720 g/mol. The standard InChI is InChI=1S/C42H49F6N5O2/c43-41(44,45)33-26-32(27-34(28-33)42(46,47)48)39(54)53-20-15-36(29-37(53)25-30-9-3-1-4-10-30)50-23-21-49(22-24-50)35-13-18-52(19-14-35)40(55)38(51-16-7-8-17-51)31-11-5-2-6-12-31/h1-6,9-12,26-28,35-38H,7-8,13-25,29H2. The highest BCUT2D eigenvalue weighted by Gasteiger charge is 2.41. The van der Waals surface area contributed by atoms with Crippen LogP contribution in [-0.4, -0.2) is 113 Å². The molecule has 0 aromatic heterocycles. The molecule has 0 radical (unpaired) electrons. The lowest BCUT2D eigenvalue weighted by Crippen LogP contribution is -2.59. The molecule has 3 aromatic rings. The van der Waals surface area contributed by atoms with Crippen LogP contribution in [0.15, 0.2) is 78.9 Å². The average Bonchev–Trinajstić information content (AvgIpc) is 3.72. The second-order valence-electron chi connectivity index (χ2n) is 15.5. The number of alkyl halides is 6. The predicted molar refractivity (Wildman–Crippen MR) is 197 cm³/mol. The zero-order chi connectivity index (χ0) is 38.7. The van der Waals surface area contributed by atoms with Crippen molar-refractivity contribution < 1.29 is 35.9 Å². The highest BCUT2D eigenvalue weighted by Crippen LogP contribution is 2.38. The molecule has 0 aliphatic carbocycles. The van der Waals surface area contributed by atoms with E-state index in [4.69, 9.17) is 0 Å². The van der Waals surface area contributed by atoms with Gasteiger partial charge in [-0.3, -0.25) is 24.3 Å². The molecule has 0 saturated carbocycles. The van der Waals surface area contributed by atoms with Gasteiger partial charge < -0.3 is 9.80 Å². The van der Waals surface area contributed by atoms with E-state index in [1.807, 2.05) is 53.4 Å². The van der Waals surface area contributed by atoms with Gasteiger partial charge in [0.25, 0.3) is 5.91 Å². The summed E-state index contributed by atoms with van der Waals surface area (Å²) in [4.78, 5) is 38.6. The SMILES string of the molecule is O=C(C(c1ccccc1)N1CCCC1)N1CCC(N2CCN(C3CCN(C(=O)c4cc(C(F)(F)F)cc(C(F)(F)F)c4)C(Cc4ccccc4)C3)CC2)CC1. The Morgan fingerprint density at radius 3 is 1.73 bits per heavy atom. The van der Waals surface area contributed by atoms with E-state index in [0.29, 0.717) is 37.4 Å². The number of piperidine rings is 2. The summed E-state index contributed by atoms with van der Waals surface area (Å²) in [7, 11) is 0. The largest absolute Gasteiger partial charge is 0.416 e. The lowest BCUT2D eigenvalue weighted by atomic mass is 9.90. The molecular formula is C42H49F6N5O2. The molecule has 7 rings (SSSR count). The van der Waals surface area contributed by atoms with Crippen molar-refractivity contribution in [2.45, 2.75) is 81.5 Å². The number of piperazine rings is 1. The Balaban J connectivity index is 0.979.